The standard InChI is InChI=1S/C13H20OS/c1-5-11-6-7-12(15-11)8-13(14)10(4)9(2)3/h6-7,9-10H,5,8H2,1-4H3. The highest BCUT2D eigenvalue weighted by atomic mass is 32.1. The van der Waals surface area contributed by atoms with Crippen LogP contribution in [0.4, 0.5) is 0 Å². The summed E-state index contributed by atoms with van der Waals surface area (Å²) < 4.78 is 0. The van der Waals surface area contributed by atoms with Crippen LogP contribution in [0.25, 0.3) is 0 Å². The first kappa shape index (κ1) is 12.4. The van der Waals surface area contributed by atoms with Crippen LogP contribution in [0.1, 0.15) is 37.4 Å². The molecule has 0 aromatic carbocycles. The van der Waals surface area contributed by atoms with Gasteiger partial charge in [0.2, 0.25) is 0 Å². The minimum Gasteiger partial charge on any atom is -0.299 e. The lowest BCUT2D eigenvalue weighted by molar-refractivity contribution is -0.122. The molecule has 0 fully saturated rings. The van der Waals surface area contributed by atoms with Crippen LogP contribution in [0.2, 0.25) is 0 Å². The van der Waals surface area contributed by atoms with Crippen LogP contribution in [0.15, 0.2) is 12.1 Å². The molecule has 1 aromatic rings. The molecular weight excluding hydrogens is 204 g/mol. The van der Waals surface area contributed by atoms with Crippen molar-refractivity contribution in [3.05, 3.63) is 21.9 Å². The molecule has 15 heavy (non-hydrogen) atoms. The SMILES string of the molecule is CCc1ccc(CC(=O)C(C)C(C)C)s1. The summed E-state index contributed by atoms with van der Waals surface area (Å²) in [4.78, 5) is 14.4. The van der Waals surface area contributed by atoms with E-state index in [1.807, 2.05) is 6.92 Å². The Bertz CT molecular complexity index is 325. The number of carbonyl (C=O) groups is 1. The first-order chi connectivity index (χ1) is 7.04. The van der Waals surface area contributed by atoms with E-state index in [1.54, 1.807) is 11.3 Å². The van der Waals surface area contributed by atoms with Gasteiger partial charge >= 0.3 is 0 Å². The zero-order chi connectivity index (χ0) is 11.4. The molecule has 0 N–H and O–H groups in total. The van der Waals surface area contributed by atoms with E-state index < -0.39 is 0 Å². The second-order valence-electron chi connectivity index (χ2n) is 4.40. The van der Waals surface area contributed by atoms with Gasteiger partial charge in [-0.15, -0.1) is 11.3 Å². The molecule has 0 aliphatic carbocycles. The van der Waals surface area contributed by atoms with Crippen molar-refractivity contribution in [2.45, 2.75) is 40.5 Å². The molecular formula is C13H20OS. The fourth-order valence-electron chi connectivity index (χ4n) is 1.41. The Balaban J connectivity index is 2.58. The molecule has 2 heteroatoms. The van der Waals surface area contributed by atoms with E-state index in [0.29, 0.717) is 18.1 Å². The van der Waals surface area contributed by atoms with Crippen LogP contribution in [-0.2, 0) is 17.6 Å². The third kappa shape index (κ3) is 3.45. The number of carbonyl (C=O) groups excluding carboxylic acids is 1. The molecule has 1 unspecified atom stereocenters. The maximum atomic E-state index is 11.9. The van der Waals surface area contributed by atoms with Crippen molar-refractivity contribution in [1.29, 1.82) is 0 Å². The number of hydrogen-bond donors (Lipinski definition) is 0. The number of rotatable bonds is 5. The van der Waals surface area contributed by atoms with Crippen molar-refractivity contribution in [1.82, 2.24) is 0 Å². The number of hydrogen-bond acceptors (Lipinski definition) is 2. The normalized spacial score (nSPS) is 13.1. The van der Waals surface area contributed by atoms with E-state index in [9.17, 15) is 4.79 Å². The van der Waals surface area contributed by atoms with E-state index >= 15 is 0 Å². The van der Waals surface area contributed by atoms with E-state index in [4.69, 9.17) is 0 Å². The van der Waals surface area contributed by atoms with Gasteiger partial charge in [-0.05, 0) is 24.5 Å². The Morgan fingerprint density at radius 2 is 1.87 bits per heavy atom. The molecule has 0 spiro atoms. The summed E-state index contributed by atoms with van der Waals surface area (Å²) in [5.41, 5.74) is 0. The van der Waals surface area contributed by atoms with Crippen LogP contribution in [-0.4, -0.2) is 5.78 Å². The summed E-state index contributed by atoms with van der Waals surface area (Å²) in [6.07, 6.45) is 1.68. The summed E-state index contributed by atoms with van der Waals surface area (Å²) in [5, 5.41) is 0. The highest BCUT2D eigenvalue weighted by Gasteiger charge is 2.17. The van der Waals surface area contributed by atoms with E-state index in [0.717, 1.165) is 6.42 Å². The smallest absolute Gasteiger partial charge is 0.141 e. The van der Waals surface area contributed by atoms with Gasteiger partial charge in [0.1, 0.15) is 5.78 Å². The van der Waals surface area contributed by atoms with Gasteiger partial charge in [-0.3, -0.25) is 4.79 Å². The zero-order valence-corrected chi connectivity index (χ0v) is 10.9. The second-order valence-corrected chi connectivity index (χ2v) is 5.65. The fourth-order valence-corrected chi connectivity index (χ4v) is 2.38. The van der Waals surface area contributed by atoms with E-state index in [1.165, 1.54) is 9.75 Å². The molecule has 1 nitrogen and oxygen atoms in total. The van der Waals surface area contributed by atoms with Gasteiger partial charge in [0.25, 0.3) is 0 Å². The summed E-state index contributed by atoms with van der Waals surface area (Å²) in [6, 6.07) is 4.22. The van der Waals surface area contributed by atoms with E-state index in [2.05, 4.69) is 32.9 Å². The number of ketones is 1. The van der Waals surface area contributed by atoms with Crippen LogP contribution in [0, 0.1) is 11.8 Å². The van der Waals surface area contributed by atoms with Crippen LogP contribution < -0.4 is 0 Å². The molecule has 0 saturated carbocycles. The number of Topliss-reactive ketones (excluding diaryl/α,β-unsaturated/α-hetero) is 1. The summed E-state index contributed by atoms with van der Waals surface area (Å²) >= 11 is 1.77. The molecule has 0 saturated heterocycles. The summed E-state index contributed by atoms with van der Waals surface area (Å²) in [6.45, 7) is 8.39. The van der Waals surface area contributed by atoms with Crippen molar-refractivity contribution < 1.29 is 4.79 Å². The average Bonchev–Trinajstić information content (AvgIpc) is 2.64. The largest absolute Gasteiger partial charge is 0.299 e. The Kier molecular flexibility index (Phi) is 4.52. The Hall–Kier alpha value is -0.630. The highest BCUT2D eigenvalue weighted by Crippen LogP contribution is 2.20. The molecule has 1 aromatic heterocycles. The van der Waals surface area contributed by atoms with E-state index in [-0.39, 0.29) is 5.92 Å². The molecule has 0 aliphatic rings. The Labute approximate surface area is 96.5 Å². The predicted molar refractivity (Wildman–Crippen MR) is 66.4 cm³/mol. The number of thiophene rings is 1. The van der Waals surface area contributed by atoms with Gasteiger partial charge in [0, 0.05) is 22.1 Å². The van der Waals surface area contributed by atoms with Gasteiger partial charge in [-0.25, -0.2) is 0 Å². The first-order valence-electron chi connectivity index (χ1n) is 5.64. The lowest BCUT2D eigenvalue weighted by Crippen LogP contribution is -2.18. The topological polar surface area (TPSA) is 17.1 Å². The maximum absolute atomic E-state index is 11.9. The quantitative estimate of drug-likeness (QED) is 0.745. The first-order valence-corrected chi connectivity index (χ1v) is 6.46. The van der Waals surface area contributed by atoms with Gasteiger partial charge in [-0.2, -0.15) is 0 Å². The molecule has 1 atom stereocenters. The number of aryl methyl sites for hydroxylation is 1. The zero-order valence-electron chi connectivity index (χ0n) is 10.0. The van der Waals surface area contributed by atoms with Crippen molar-refractivity contribution in [3.8, 4) is 0 Å². The molecule has 84 valence electrons. The molecule has 0 bridgehead atoms. The second kappa shape index (κ2) is 5.45. The highest BCUT2D eigenvalue weighted by molar-refractivity contribution is 7.12. The van der Waals surface area contributed by atoms with Crippen molar-refractivity contribution in [2.75, 3.05) is 0 Å². The Morgan fingerprint density at radius 3 is 2.33 bits per heavy atom. The summed E-state index contributed by atoms with van der Waals surface area (Å²) in [7, 11) is 0. The minimum absolute atomic E-state index is 0.178. The van der Waals surface area contributed by atoms with Gasteiger partial charge in [0.15, 0.2) is 0 Å². The Morgan fingerprint density at radius 1 is 1.27 bits per heavy atom. The molecule has 1 heterocycles. The van der Waals surface area contributed by atoms with Crippen molar-refractivity contribution >= 4 is 17.1 Å². The van der Waals surface area contributed by atoms with Gasteiger partial charge in [-0.1, -0.05) is 27.7 Å². The predicted octanol–water partition coefficient (Wildman–Crippen LogP) is 3.71. The molecule has 1 rings (SSSR count). The van der Waals surface area contributed by atoms with Crippen molar-refractivity contribution in [3.63, 3.8) is 0 Å². The minimum atomic E-state index is 0.178. The van der Waals surface area contributed by atoms with Gasteiger partial charge in [0.05, 0.1) is 0 Å². The lowest BCUT2D eigenvalue weighted by atomic mass is 9.92. The van der Waals surface area contributed by atoms with Gasteiger partial charge < -0.3 is 0 Å². The van der Waals surface area contributed by atoms with Crippen LogP contribution in [0.5, 0.6) is 0 Å². The van der Waals surface area contributed by atoms with Crippen LogP contribution in [0.3, 0.4) is 0 Å². The molecule has 0 amide bonds. The monoisotopic (exact) mass is 224 g/mol. The molecule has 0 radical (unpaired) electrons. The lowest BCUT2D eigenvalue weighted by Gasteiger charge is -2.13. The third-order valence-corrected chi connectivity index (χ3v) is 4.15. The van der Waals surface area contributed by atoms with Crippen LogP contribution >= 0.6 is 11.3 Å². The summed E-state index contributed by atoms with van der Waals surface area (Å²) in [5.74, 6) is 0.995. The fraction of sp³-hybridized carbons (Fsp3) is 0.615. The van der Waals surface area contributed by atoms with Crippen molar-refractivity contribution in [2.24, 2.45) is 11.8 Å². The maximum Gasteiger partial charge on any atom is 0.141 e. The average molecular weight is 224 g/mol. The third-order valence-electron chi connectivity index (χ3n) is 2.92. The molecule has 0 aliphatic heterocycles.